The first-order valence-corrected chi connectivity index (χ1v) is 8.05. The standard InChI is InChI=1S/C18H16N6O2/c1-11-15(17(26)23-13-3-2-8-19-9-13)16(12-4-6-14(25)7-5-12)24-18(22-11)20-10-21-24/h2-10,15-16,25H,1H2,(H,23,26)(H,20,21,22)/p+1. The first-order chi connectivity index (χ1) is 12.6. The van der Waals surface area contributed by atoms with Crippen molar-refractivity contribution >= 4 is 17.5 Å². The molecule has 8 heteroatoms. The fraction of sp³-hybridized carbons (Fsp3) is 0.111. The molecule has 0 radical (unpaired) electrons. The maximum atomic E-state index is 13.0. The molecule has 2 atom stereocenters. The number of anilines is 2. The monoisotopic (exact) mass is 349 g/mol. The highest BCUT2D eigenvalue weighted by molar-refractivity contribution is 5.95. The molecular weight excluding hydrogens is 332 g/mol. The lowest BCUT2D eigenvalue weighted by Gasteiger charge is -2.33. The Hall–Kier alpha value is -3.68. The van der Waals surface area contributed by atoms with Gasteiger partial charge in [-0.2, -0.15) is 10.1 Å². The Labute approximate surface area is 149 Å². The number of pyridine rings is 1. The number of fused-ring (bicyclic) bond motifs is 1. The van der Waals surface area contributed by atoms with Crippen LogP contribution in [-0.2, 0) is 4.79 Å². The largest absolute Gasteiger partial charge is 0.508 e. The zero-order valence-corrected chi connectivity index (χ0v) is 13.8. The lowest BCUT2D eigenvalue weighted by Crippen LogP contribution is -2.39. The van der Waals surface area contributed by atoms with Crippen LogP contribution in [0.5, 0.6) is 5.75 Å². The molecule has 130 valence electrons. The van der Waals surface area contributed by atoms with Crippen LogP contribution in [0.1, 0.15) is 11.6 Å². The van der Waals surface area contributed by atoms with Gasteiger partial charge in [0, 0.05) is 11.8 Å². The molecule has 0 spiro atoms. The molecule has 8 nitrogen and oxygen atoms in total. The molecule has 2 aromatic heterocycles. The van der Waals surface area contributed by atoms with E-state index in [1.54, 1.807) is 53.5 Å². The van der Waals surface area contributed by atoms with E-state index in [4.69, 9.17) is 0 Å². The third kappa shape index (κ3) is 2.77. The molecule has 1 aliphatic heterocycles. The summed E-state index contributed by atoms with van der Waals surface area (Å²) >= 11 is 0. The van der Waals surface area contributed by atoms with Crippen molar-refractivity contribution in [3.63, 3.8) is 0 Å². The highest BCUT2D eigenvalue weighted by Crippen LogP contribution is 2.38. The van der Waals surface area contributed by atoms with E-state index in [-0.39, 0.29) is 11.7 Å². The minimum absolute atomic E-state index is 0.154. The molecule has 0 saturated heterocycles. The third-order valence-electron chi connectivity index (χ3n) is 4.29. The van der Waals surface area contributed by atoms with Crippen LogP contribution in [0.15, 0.2) is 67.4 Å². The van der Waals surface area contributed by atoms with Crippen molar-refractivity contribution in [1.29, 1.82) is 0 Å². The van der Waals surface area contributed by atoms with Crippen molar-refractivity contribution in [3.05, 3.63) is 73.0 Å². The van der Waals surface area contributed by atoms with Crippen molar-refractivity contribution in [2.75, 3.05) is 10.6 Å². The summed E-state index contributed by atoms with van der Waals surface area (Å²) in [6, 6.07) is 9.85. The van der Waals surface area contributed by atoms with E-state index in [1.807, 2.05) is 0 Å². The number of rotatable bonds is 3. The average Bonchev–Trinajstić information content (AvgIpc) is 3.10. The Kier molecular flexibility index (Phi) is 3.85. The Morgan fingerprint density at radius 3 is 2.85 bits per heavy atom. The van der Waals surface area contributed by atoms with Gasteiger partial charge in [-0.05, 0) is 23.8 Å². The number of aromatic hydroxyl groups is 1. The minimum atomic E-state index is -0.617. The van der Waals surface area contributed by atoms with E-state index in [2.05, 4.69) is 32.3 Å². The van der Waals surface area contributed by atoms with Gasteiger partial charge >= 0.3 is 0 Å². The van der Waals surface area contributed by atoms with Gasteiger partial charge in [0.05, 0.1) is 6.04 Å². The highest BCUT2D eigenvalue weighted by atomic mass is 16.3. The summed E-state index contributed by atoms with van der Waals surface area (Å²) in [4.78, 5) is 20.1. The fourth-order valence-electron chi connectivity index (χ4n) is 3.09. The number of carbonyl (C=O) groups excluding carboxylic acids is 1. The molecule has 0 aliphatic carbocycles. The summed E-state index contributed by atoms with van der Waals surface area (Å²) in [5.41, 5.74) is 2.00. The molecule has 3 aromatic rings. The van der Waals surface area contributed by atoms with Crippen LogP contribution in [0.25, 0.3) is 0 Å². The molecule has 4 rings (SSSR count). The summed E-state index contributed by atoms with van der Waals surface area (Å²) in [6.07, 6.45) is 4.89. The predicted octanol–water partition coefficient (Wildman–Crippen LogP) is 1.58. The molecule has 1 aromatic carbocycles. The van der Waals surface area contributed by atoms with E-state index >= 15 is 0 Å². The number of hydrogen-bond acceptors (Lipinski definition) is 5. The highest BCUT2D eigenvalue weighted by Gasteiger charge is 2.39. The SMILES string of the molecule is C=C1Nc2ncnn2C(c2ccc(O)cc2)C1C(=O)Nc1ccc[nH+]c1. The number of phenols is 1. The number of carbonyl (C=O) groups is 1. The van der Waals surface area contributed by atoms with E-state index in [0.717, 1.165) is 5.56 Å². The fourth-order valence-corrected chi connectivity index (χ4v) is 3.09. The molecule has 26 heavy (non-hydrogen) atoms. The van der Waals surface area contributed by atoms with Gasteiger partial charge < -0.3 is 15.7 Å². The van der Waals surface area contributed by atoms with Gasteiger partial charge in [-0.25, -0.2) is 9.67 Å². The number of amides is 1. The van der Waals surface area contributed by atoms with Crippen LogP contribution in [0, 0.1) is 5.92 Å². The molecule has 3 heterocycles. The smallest absolute Gasteiger partial charge is 0.236 e. The topological polar surface area (TPSA) is 106 Å². The van der Waals surface area contributed by atoms with Crippen LogP contribution < -0.4 is 15.6 Å². The van der Waals surface area contributed by atoms with Gasteiger partial charge in [0.2, 0.25) is 11.9 Å². The lowest BCUT2D eigenvalue weighted by atomic mass is 9.88. The molecule has 0 saturated carbocycles. The van der Waals surface area contributed by atoms with Crippen molar-refractivity contribution in [3.8, 4) is 5.75 Å². The van der Waals surface area contributed by atoms with Gasteiger partial charge in [0.1, 0.15) is 23.7 Å². The van der Waals surface area contributed by atoms with Gasteiger partial charge in [0.25, 0.3) is 0 Å². The first kappa shape index (κ1) is 15.8. The van der Waals surface area contributed by atoms with Crippen molar-refractivity contribution in [2.24, 2.45) is 5.92 Å². The maximum Gasteiger partial charge on any atom is 0.236 e. The number of phenolic OH excluding ortho intramolecular Hbond substituents is 1. The average molecular weight is 349 g/mol. The van der Waals surface area contributed by atoms with Gasteiger partial charge in [-0.15, -0.1) is 0 Å². The number of hydrogen-bond donors (Lipinski definition) is 3. The zero-order chi connectivity index (χ0) is 18.1. The molecule has 1 amide bonds. The second-order valence-electron chi connectivity index (χ2n) is 5.97. The minimum Gasteiger partial charge on any atom is -0.508 e. The van der Waals surface area contributed by atoms with Crippen LogP contribution >= 0.6 is 0 Å². The van der Waals surface area contributed by atoms with Crippen LogP contribution in [0.4, 0.5) is 11.6 Å². The number of aromatic nitrogens is 4. The molecule has 1 aliphatic rings. The Bertz CT molecular complexity index is 951. The molecule has 4 N–H and O–H groups in total. The van der Waals surface area contributed by atoms with Crippen LogP contribution in [0.2, 0.25) is 0 Å². The summed E-state index contributed by atoms with van der Waals surface area (Å²) in [6.45, 7) is 4.02. The number of benzene rings is 1. The number of H-pyrrole nitrogens is 1. The molecule has 0 fully saturated rings. The van der Waals surface area contributed by atoms with E-state index in [9.17, 15) is 9.90 Å². The zero-order valence-electron chi connectivity index (χ0n) is 13.8. The molecule has 2 unspecified atom stereocenters. The van der Waals surface area contributed by atoms with Gasteiger partial charge in [-0.3, -0.25) is 4.79 Å². The van der Waals surface area contributed by atoms with Crippen LogP contribution in [0.3, 0.4) is 0 Å². The Morgan fingerprint density at radius 2 is 2.12 bits per heavy atom. The quantitative estimate of drug-likeness (QED) is 0.666. The molecular formula is C18H17N6O2+. The second kappa shape index (κ2) is 6.32. The normalized spacial score (nSPS) is 18.7. The number of nitrogens with one attached hydrogen (secondary N) is 3. The van der Waals surface area contributed by atoms with E-state index in [0.29, 0.717) is 17.3 Å². The van der Waals surface area contributed by atoms with Crippen molar-refractivity contribution in [1.82, 2.24) is 14.8 Å². The summed E-state index contributed by atoms with van der Waals surface area (Å²) in [5, 5.41) is 19.8. The lowest BCUT2D eigenvalue weighted by molar-refractivity contribution is -0.377. The second-order valence-corrected chi connectivity index (χ2v) is 5.97. The van der Waals surface area contributed by atoms with Gasteiger partial charge in [0.15, 0.2) is 12.4 Å². The molecule has 0 bridgehead atoms. The third-order valence-corrected chi connectivity index (χ3v) is 4.29. The van der Waals surface area contributed by atoms with E-state index in [1.165, 1.54) is 6.33 Å². The summed E-state index contributed by atoms with van der Waals surface area (Å²) < 4.78 is 1.66. The maximum absolute atomic E-state index is 13.0. The number of aromatic amines is 1. The predicted molar refractivity (Wildman–Crippen MR) is 94.1 cm³/mol. The summed E-state index contributed by atoms with van der Waals surface area (Å²) in [5.74, 6) is -0.165. The summed E-state index contributed by atoms with van der Waals surface area (Å²) in [7, 11) is 0. The van der Waals surface area contributed by atoms with Crippen molar-refractivity contribution < 1.29 is 14.9 Å². The van der Waals surface area contributed by atoms with Crippen molar-refractivity contribution in [2.45, 2.75) is 6.04 Å². The Balaban J connectivity index is 1.74. The Morgan fingerprint density at radius 1 is 1.31 bits per heavy atom. The van der Waals surface area contributed by atoms with Crippen LogP contribution in [-0.4, -0.2) is 25.8 Å². The van der Waals surface area contributed by atoms with Gasteiger partial charge in [-0.1, -0.05) is 18.7 Å². The first-order valence-electron chi connectivity index (χ1n) is 8.05. The number of nitrogens with zero attached hydrogens (tertiary/aromatic N) is 3. The van der Waals surface area contributed by atoms with E-state index < -0.39 is 12.0 Å².